The van der Waals surface area contributed by atoms with E-state index in [0.29, 0.717) is 5.95 Å². The Kier molecular flexibility index (Phi) is 5.21. The summed E-state index contributed by atoms with van der Waals surface area (Å²) < 4.78 is 1.67. The Morgan fingerprint density at radius 1 is 1.21 bits per heavy atom. The molecule has 1 saturated heterocycles. The highest BCUT2D eigenvalue weighted by molar-refractivity contribution is 6.33. The number of nitrogens with one attached hydrogen (secondary N) is 1. The van der Waals surface area contributed by atoms with Crippen LogP contribution in [0.2, 0.25) is 5.02 Å². The van der Waals surface area contributed by atoms with Crippen LogP contribution in [-0.4, -0.2) is 43.7 Å². The van der Waals surface area contributed by atoms with Crippen molar-refractivity contribution in [2.24, 2.45) is 0 Å². The van der Waals surface area contributed by atoms with E-state index in [2.05, 4.69) is 30.3 Å². The number of nitrogens with zero attached hydrogens (tertiary/aromatic N) is 6. The fourth-order valence-corrected chi connectivity index (χ4v) is 3.37. The van der Waals surface area contributed by atoms with Gasteiger partial charge in [0.25, 0.3) is 5.91 Å². The summed E-state index contributed by atoms with van der Waals surface area (Å²) in [4.78, 5) is 27.4. The first-order valence-electron chi connectivity index (χ1n) is 9.15. The Morgan fingerprint density at radius 3 is 2.64 bits per heavy atom. The van der Waals surface area contributed by atoms with Gasteiger partial charge in [0.05, 0.1) is 22.9 Å². The highest BCUT2D eigenvalue weighted by Gasteiger charge is 2.21. The second kappa shape index (κ2) is 7.93. The van der Waals surface area contributed by atoms with Gasteiger partial charge < -0.3 is 10.2 Å². The molecule has 0 aliphatic carbocycles. The zero-order chi connectivity index (χ0) is 19.5. The summed E-state index contributed by atoms with van der Waals surface area (Å²) >= 11 is 6.19. The molecule has 2 aromatic heterocycles. The monoisotopic (exact) mass is 397 g/mol. The van der Waals surface area contributed by atoms with Crippen LogP contribution in [0.3, 0.4) is 0 Å². The lowest BCUT2D eigenvalue weighted by Gasteiger charge is -2.18. The van der Waals surface area contributed by atoms with Crippen molar-refractivity contribution >= 4 is 23.5 Å². The molecule has 1 atom stereocenters. The molecule has 1 aromatic carbocycles. The van der Waals surface area contributed by atoms with Crippen molar-refractivity contribution in [3.05, 3.63) is 59.4 Å². The number of benzene rings is 1. The summed E-state index contributed by atoms with van der Waals surface area (Å²) in [6, 6.07) is 7.53. The molecule has 0 saturated carbocycles. The molecule has 144 valence electrons. The summed E-state index contributed by atoms with van der Waals surface area (Å²) in [5.41, 5.74) is 2.06. The van der Waals surface area contributed by atoms with Crippen LogP contribution in [0.5, 0.6) is 0 Å². The minimum Gasteiger partial charge on any atom is -0.344 e. The Hall–Kier alpha value is -3.00. The average Bonchev–Trinajstić information content (AvgIpc) is 3.42. The third kappa shape index (κ3) is 3.82. The topological polar surface area (TPSA) is 88.8 Å². The maximum atomic E-state index is 12.7. The number of amides is 1. The van der Waals surface area contributed by atoms with Crippen LogP contribution < -0.4 is 10.2 Å². The SMILES string of the molecule is CC(NC(=O)c1nc(N2CCCC2)ncc1Cl)c1ccc(-n2cncn2)cc1. The van der Waals surface area contributed by atoms with E-state index in [-0.39, 0.29) is 22.7 Å². The first kappa shape index (κ1) is 18.4. The molecule has 0 spiro atoms. The van der Waals surface area contributed by atoms with Crippen LogP contribution in [0, 0.1) is 0 Å². The number of carbonyl (C=O) groups is 1. The van der Waals surface area contributed by atoms with E-state index in [1.165, 1.54) is 12.5 Å². The Bertz CT molecular complexity index is 953. The number of hydrogen-bond donors (Lipinski definition) is 1. The van der Waals surface area contributed by atoms with Gasteiger partial charge in [-0.2, -0.15) is 5.10 Å². The van der Waals surface area contributed by atoms with Crippen LogP contribution in [-0.2, 0) is 0 Å². The summed E-state index contributed by atoms with van der Waals surface area (Å²) in [7, 11) is 0. The van der Waals surface area contributed by atoms with Crippen molar-refractivity contribution in [2.45, 2.75) is 25.8 Å². The van der Waals surface area contributed by atoms with Gasteiger partial charge in [-0.05, 0) is 37.5 Å². The predicted octanol–water partition coefficient (Wildman–Crippen LogP) is 2.80. The quantitative estimate of drug-likeness (QED) is 0.712. The standard InChI is InChI=1S/C19H20ClN7O/c1-13(14-4-6-15(7-5-14)27-12-21-11-23-27)24-18(28)17-16(20)10-22-19(25-17)26-8-2-3-9-26/h4-7,10-13H,2-3,8-9H2,1H3,(H,24,28). The first-order chi connectivity index (χ1) is 13.6. The van der Waals surface area contributed by atoms with Gasteiger partial charge in [0.15, 0.2) is 5.69 Å². The fourth-order valence-electron chi connectivity index (χ4n) is 3.19. The number of halogens is 1. The average molecular weight is 398 g/mol. The third-order valence-corrected chi connectivity index (χ3v) is 5.04. The molecular formula is C19H20ClN7O. The van der Waals surface area contributed by atoms with Gasteiger partial charge in [-0.15, -0.1) is 0 Å². The summed E-state index contributed by atoms with van der Waals surface area (Å²) in [5, 5.41) is 7.31. The molecular weight excluding hydrogens is 378 g/mol. The third-order valence-electron chi connectivity index (χ3n) is 4.76. The van der Waals surface area contributed by atoms with Gasteiger partial charge in [-0.1, -0.05) is 23.7 Å². The van der Waals surface area contributed by atoms with Gasteiger partial charge in [0.1, 0.15) is 12.7 Å². The van der Waals surface area contributed by atoms with Crippen molar-refractivity contribution < 1.29 is 4.79 Å². The molecule has 1 fully saturated rings. The van der Waals surface area contributed by atoms with Crippen LogP contribution in [0.25, 0.3) is 5.69 Å². The van der Waals surface area contributed by atoms with E-state index in [4.69, 9.17) is 11.6 Å². The number of carbonyl (C=O) groups excluding carboxylic acids is 1. The van der Waals surface area contributed by atoms with E-state index in [0.717, 1.165) is 37.2 Å². The van der Waals surface area contributed by atoms with Crippen molar-refractivity contribution in [3.63, 3.8) is 0 Å². The largest absolute Gasteiger partial charge is 0.344 e. The molecule has 8 nitrogen and oxygen atoms in total. The second-order valence-corrected chi connectivity index (χ2v) is 7.09. The Labute approximate surface area is 167 Å². The molecule has 1 amide bonds. The van der Waals surface area contributed by atoms with Gasteiger partial charge in [0, 0.05) is 13.1 Å². The maximum absolute atomic E-state index is 12.7. The zero-order valence-electron chi connectivity index (χ0n) is 15.4. The van der Waals surface area contributed by atoms with Crippen LogP contribution in [0.15, 0.2) is 43.1 Å². The molecule has 1 aliphatic rings. The van der Waals surface area contributed by atoms with E-state index in [1.807, 2.05) is 31.2 Å². The predicted molar refractivity (Wildman–Crippen MR) is 106 cm³/mol. The van der Waals surface area contributed by atoms with E-state index < -0.39 is 0 Å². The molecule has 3 aromatic rings. The summed E-state index contributed by atoms with van der Waals surface area (Å²) in [6.45, 7) is 3.72. The first-order valence-corrected chi connectivity index (χ1v) is 9.53. The molecule has 0 radical (unpaired) electrons. The minimum atomic E-state index is -0.319. The maximum Gasteiger partial charge on any atom is 0.272 e. The van der Waals surface area contributed by atoms with E-state index in [9.17, 15) is 4.79 Å². The lowest BCUT2D eigenvalue weighted by atomic mass is 10.1. The second-order valence-electron chi connectivity index (χ2n) is 6.69. The number of anilines is 1. The number of hydrogen-bond acceptors (Lipinski definition) is 6. The number of aromatic nitrogens is 5. The molecule has 28 heavy (non-hydrogen) atoms. The van der Waals surface area contributed by atoms with E-state index in [1.54, 1.807) is 11.0 Å². The lowest BCUT2D eigenvalue weighted by Crippen LogP contribution is -2.29. The fraction of sp³-hybridized carbons (Fsp3) is 0.316. The smallest absolute Gasteiger partial charge is 0.272 e. The van der Waals surface area contributed by atoms with Crippen molar-refractivity contribution in [1.82, 2.24) is 30.0 Å². The summed E-state index contributed by atoms with van der Waals surface area (Å²) in [5.74, 6) is 0.234. The Morgan fingerprint density at radius 2 is 1.96 bits per heavy atom. The van der Waals surface area contributed by atoms with Gasteiger partial charge in [0.2, 0.25) is 5.95 Å². The van der Waals surface area contributed by atoms with Crippen LogP contribution in [0.1, 0.15) is 41.9 Å². The van der Waals surface area contributed by atoms with Crippen LogP contribution >= 0.6 is 11.6 Å². The molecule has 9 heteroatoms. The molecule has 4 rings (SSSR count). The van der Waals surface area contributed by atoms with Crippen molar-refractivity contribution in [3.8, 4) is 5.69 Å². The molecule has 3 heterocycles. The highest BCUT2D eigenvalue weighted by Crippen LogP contribution is 2.21. The normalized spacial score (nSPS) is 14.9. The minimum absolute atomic E-state index is 0.199. The highest BCUT2D eigenvalue weighted by atomic mass is 35.5. The number of rotatable bonds is 5. The van der Waals surface area contributed by atoms with Gasteiger partial charge in [-0.25, -0.2) is 19.6 Å². The molecule has 0 bridgehead atoms. The Balaban J connectivity index is 1.47. The zero-order valence-corrected chi connectivity index (χ0v) is 16.2. The summed E-state index contributed by atoms with van der Waals surface area (Å²) in [6.07, 6.45) is 6.83. The van der Waals surface area contributed by atoms with E-state index >= 15 is 0 Å². The van der Waals surface area contributed by atoms with Gasteiger partial charge in [-0.3, -0.25) is 4.79 Å². The lowest BCUT2D eigenvalue weighted by molar-refractivity contribution is 0.0935. The van der Waals surface area contributed by atoms with Crippen molar-refractivity contribution in [1.29, 1.82) is 0 Å². The molecule has 1 aliphatic heterocycles. The molecule has 1 unspecified atom stereocenters. The van der Waals surface area contributed by atoms with Gasteiger partial charge >= 0.3 is 0 Å². The van der Waals surface area contributed by atoms with Crippen molar-refractivity contribution in [2.75, 3.05) is 18.0 Å². The molecule has 1 N–H and O–H groups in total. The van der Waals surface area contributed by atoms with Crippen LogP contribution in [0.4, 0.5) is 5.95 Å².